The van der Waals surface area contributed by atoms with Crippen LogP contribution in [-0.4, -0.2) is 45.2 Å². The summed E-state index contributed by atoms with van der Waals surface area (Å²) in [4.78, 5) is 40.4. The van der Waals surface area contributed by atoms with Crippen LogP contribution in [0, 0.1) is 0 Å². The van der Waals surface area contributed by atoms with Crippen molar-refractivity contribution in [3.05, 3.63) is 0 Å². The number of carbonyl (C=O) groups is 4. The zero-order valence-corrected chi connectivity index (χ0v) is 6.05. The second-order valence-corrected chi connectivity index (χ2v) is 1.89. The molecule has 0 saturated carbocycles. The predicted molar refractivity (Wildman–Crippen MR) is 34.8 cm³/mol. The van der Waals surface area contributed by atoms with Gasteiger partial charge in [0.05, 0.1) is 0 Å². The number of nitrogens with one attached hydrogen (secondary N) is 1. The molecule has 0 unspecified atom stereocenters. The van der Waals surface area contributed by atoms with Crippen LogP contribution in [0.3, 0.4) is 0 Å². The quantitative estimate of drug-likeness (QED) is 0.291. The topological polar surface area (TPSA) is 141 Å². The summed E-state index contributed by atoms with van der Waals surface area (Å²) in [6.07, 6.45) is 0. The summed E-state index contributed by atoms with van der Waals surface area (Å²) >= 11 is 0. The van der Waals surface area contributed by atoms with Gasteiger partial charge < -0.3 is 20.6 Å². The standard InChI is InChI=1S/C5H5NO7/c7-2(5(12)13)6-1(3(8)9)4(10)11/h1H,(H,6,7)(H,8,9)(H,10,11)(H,12,13). The number of hydrogen-bond donors (Lipinski definition) is 4. The third kappa shape index (κ3) is 3.18. The number of carbonyl (C=O) groups excluding carboxylic acids is 1. The van der Waals surface area contributed by atoms with Crippen LogP contribution in [0.1, 0.15) is 0 Å². The Morgan fingerprint density at radius 3 is 1.54 bits per heavy atom. The molecule has 0 atom stereocenters. The van der Waals surface area contributed by atoms with Gasteiger partial charge in [0.1, 0.15) is 0 Å². The van der Waals surface area contributed by atoms with Crippen LogP contribution < -0.4 is 5.32 Å². The number of hydrogen-bond acceptors (Lipinski definition) is 4. The van der Waals surface area contributed by atoms with Gasteiger partial charge in [0.2, 0.25) is 6.04 Å². The van der Waals surface area contributed by atoms with E-state index in [4.69, 9.17) is 15.3 Å². The third-order valence-corrected chi connectivity index (χ3v) is 0.964. The number of carboxylic acids is 3. The van der Waals surface area contributed by atoms with Crippen LogP contribution >= 0.6 is 0 Å². The molecule has 8 nitrogen and oxygen atoms in total. The lowest BCUT2D eigenvalue weighted by Gasteiger charge is -2.06. The lowest BCUT2D eigenvalue weighted by atomic mass is 10.3. The van der Waals surface area contributed by atoms with Crippen molar-refractivity contribution in [2.45, 2.75) is 6.04 Å². The third-order valence-electron chi connectivity index (χ3n) is 0.964. The smallest absolute Gasteiger partial charge is 0.394 e. The first-order valence-electron chi connectivity index (χ1n) is 2.85. The minimum absolute atomic E-state index is 1.28. The van der Waals surface area contributed by atoms with Gasteiger partial charge in [-0.15, -0.1) is 0 Å². The van der Waals surface area contributed by atoms with Gasteiger partial charge in [-0.3, -0.25) is 4.79 Å². The molecule has 0 aromatic heterocycles. The monoisotopic (exact) mass is 191 g/mol. The molecule has 0 aliphatic rings. The minimum Gasteiger partial charge on any atom is -0.479 e. The van der Waals surface area contributed by atoms with Crippen molar-refractivity contribution in [2.75, 3.05) is 0 Å². The molecule has 0 heterocycles. The molecule has 0 radical (unpaired) electrons. The first-order valence-corrected chi connectivity index (χ1v) is 2.85. The molecule has 0 spiro atoms. The Bertz CT molecular complexity index is 256. The summed E-state index contributed by atoms with van der Waals surface area (Å²) in [5, 5.41) is 25.6. The Labute approximate surface area is 70.8 Å². The average Bonchev–Trinajstić information content (AvgIpc) is 1.97. The van der Waals surface area contributed by atoms with Crippen LogP contribution in [0.5, 0.6) is 0 Å². The normalized spacial score (nSPS) is 9.31. The fourth-order valence-corrected chi connectivity index (χ4v) is 0.422. The van der Waals surface area contributed by atoms with E-state index in [0.717, 1.165) is 0 Å². The number of rotatable bonds is 3. The average molecular weight is 191 g/mol. The molecule has 0 fully saturated rings. The highest BCUT2D eigenvalue weighted by molar-refractivity contribution is 6.32. The molecule has 13 heavy (non-hydrogen) atoms. The largest absolute Gasteiger partial charge is 0.479 e. The Hall–Kier alpha value is -2.12. The molecular weight excluding hydrogens is 186 g/mol. The van der Waals surface area contributed by atoms with E-state index in [0.29, 0.717) is 0 Å². The van der Waals surface area contributed by atoms with Gasteiger partial charge in [-0.2, -0.15) is 0 Å². The maximum absolute atomic E-state index is 10.3. The van der Waals surface area contributed by atoms with Crippen LogP contribution in [0.15, 0.2) is 0 Å². The fraction of sp³-hybridized carbons (Fsp3) is 0.200. The predicted octanol–water partition coefficient (Wildman–Crippen LogP) is -2.28. The van der Waals surface area contributed by atoms with E-state index in [1.807, 2.05) is 0 Å². The molecule has 72 valence electrons. The van der Waals surface area contributed by atoms with E-state index < -0.39 is 29.9 Å². The highest BCUT2D eigenvalue weighted by atomic mass is 16.4. The Morgan fingerprint density at radius 1 is 0.923 bits per heavy atom. The number of amides is 1. The molecule has 0 bridgehead atoms. The summed E-state index contributed by atoms with van der Waals surface area (Å²) < 4.78 is 0. The maximum Gasteiger partial charge on any atom is 0.394 e. The molecule has 0 saturated heterocycles. The number of carboxylic acid groups (broad SMARTS) is 3. The molecule has 4 N–H and O–H groups in total. The summed E-state index contributed by atoms with van der Waals surface area (Å²) in [6.45, 7) is 0. The van der Waals surface area contributed by atoms with Crippen molar-refractivity contribution in [1.82, 2.24) is 5.32 Å². The maximum atomic E-state index is 10.3. The van der Waals surface area contributed by atoms with Crippen molar-refractivity contribution in [1.29, 1.82) is 0 Å². The molecule has 0 aliphatic heterocycles. The van der Waals surface area contributed by atoms with Crippen molar-refractivity contribution >= 4 is 23.8 Å². The summed E-state index contributed by atoms with van der Waals surface area (Å²) in [6, 6.07) is -2.25. The molecule has 0 aromatic carbocycles. The van der Waals surface area contributed by atoms with E-state index in [2.05, 4.69) is 0 Å². The lowest BCUT2D eigenvalue weighted by molar-refractivity contribution is -0.156. The Balaban J connectivity index is 4.45. The van der Waals surface area contributed by atoms with E-state index >= 15 is 0 Å². The van der Waals surface area contributed by atoms with E-state index in [9.17, 15) is 19.2 Å². The van der Waals surface area contributed by atoms with Crippen molar-refractivity contribution in [3.63, 3.8) is 0 Å². The van der Waals surface area contributed by atoms with Gasteiger partial charge in [0.25, 0.3) is 0 Å². The highest BCUT2D eigenvalue weighted by Crippen LogP contribution is 1.84. The zero-order chi connectivity index (χ0) is 10.6. The highest BCUT2D eigenvalue weighted by Gasteiger charge is 2.29. The summed E-state index contributed by atoms with van der Waals surface area (Å²) in [5.41, 5.74) is 0. The van der Waals surface area contributed by atoms with Gasteiger partial charge >= 0.3 is 23.8 Å². The van der Waals surface area contributed by atoms with Crippen LogP contribution in [0.2, 0.25) is 0 Å². The van der Waals surface area contributed by atoms with Gasteiger partial charge in [0, 0.05) is 0 Å². The molecule has 8 heteroatoms. The van der Waals surface area contributed by atoms with Gasteiger partial charge in [-0.25, -0.2) is 14.4 Å². The molecule has 0 rings (SSSR count). The van der Waals surface area contributed by atoms with E-state index in [1.54, 1.807) is 0 Å². The molecule has 0 aliphatic carbocycles. The fourth-order valence-electron chi connectivity index (χ4n) is 0.422. The van der Waals surface area contributed by atoms with Gasteiger partial charge in [-0.05, 0) is 0 Å². The second kappa shape index (κ2) is 4.04. The van der Waals surface area contributed by atoms with Crippen LogP contribution in [0.4, 0.5) is 0 Å². The second-order valence-electron chi connectivity index (χ2n) is 1.89. The minimum atomic E-state index is -2.25. The van der Waals surface area contributed by atoms with Crippen LogP contribution in [-0.2, 0) is 19.2 Å². The van der Waals surface area contributed by atoms with Gasteiger partial charge in [0.15, 0.2) is 0 Å². The Morgan fingerprint density at radius 2 is 1.31 bits per heavy atom. The SMILES string of the molecule is O=C(O)C(=O)NC(C(=O)O)C(=O)O. The molecular formula is C5H5NO7. The van der Waals surface area contributed by atoms with Crippen molar-refractivity contribution < 1.29 is 34.5 Å². The first kappa shape index (κ1) is 10.9. The molecule has 1 amide bonds. The first-order chi connectivity index (χ1) is 5.86. The van der Waals surface area contributed by atoms with E-state index in [1.165, 1.54) is 5.32 Å². The molecule has 0 aromatic rings. The van der Waals surface area contributed by atoms with Crippen LogP contribution in [0.25, 0.3) is 0 Å². The van der Waals surface area contributed by atoms with Crippen molar-refractivity contribution in [3.8, 4) is 0 Å². The Kier molecular flexibility index (Phi) is 3.38. The summed E-state index contributed by atoms with van der Waals surface area (Å²) in [7, 11) is 0. The zero-order valence-electron chi connectivity index (χ0n) is 6.05. The lowest BCUT2D eigenvalue weighted by Crippen LogP contribution is -2.48. The number of aliphatic carboxylic acids is 3. The van der Waals surface area contributed by atoms with Crippen molar-refractivity contribution in [2.24, 2.45) is 0 Å². The van der Waals surface area contributed by atoms with E-state index in [-0.39, 0.29) is 0 Å². The van der Waals surface area contributed by atoms with Gasteiger partial charge in [-0.1, -0.05) is 0 Å². The summed E-state index contributed by atoms with van der Waals surface area (Å²) in [5.74, 6) is -7.33.